The van der Waals surface area contributed by atoms with E-state index in [0.29, 0.717) is 5.92 Å². The van der Waals surface area contributed by atoms with Crippen LogP contribution in [-0.4, -0.2) is 55.2 Å². The Labute approximate surface area is 367 Å². The molecule has 0 fully saturated rings. The number of ether oxygens (including phenoxy) is 1. The normalized spacial score (nSPS) is 12.1. The quantitative estimate of drug-likeness (QED) is 0.0379. The maximum atomic E-state index is 10.9. The molecule has 1 N–H and O–H groups in total. The Morgan fingerprint density at radius 2 is 0.870 bits per heavy atom. The first kappa shape index (κ1) is 61.3. The second-order valence-electron chi connectivity index (χ2n) is 16.2. The predicted octanol–water partition coefficient (Wildman–Crippen LogP) is 15.7. The van der Waals surface area contributed by atoms with Crippen LogP contribution in [-0.2, 0) is 42.2 Å². The fourth-order valence-electron chi connectivity index (χ4n) is 7.28. The van der Waals surface area contributed by atoms with Gasteiger partial charge in [-0.05, 0) is 70.9 Å². The maximum Gasteiger partial charge on any atom is 0.123 e. The topological polar surface area (TPSA) is 49.8 Å². The van der Waals surface area contributed by atoms with Gasteiger partial charge in [0.1, 0.15) is 6.29 Å². The molecule has 0 saturated carbocycles. The summed E-state index contributed by atoms with van der Waals surface area (Å²) in [6, 6.07) is 0.786. The minimum absolute atomic E-state index is 0. The van der Waals surface area contributed by atoms with Gasteiger partial charge >= 0.3 is 0 Å². The number of nitrogens with zero attached hydrogens (tertiary/aromatic N) is 1. The number of carbonyl (C=O) groups excluding carboxylic acids is 1. The van der Waals surface area contributed by atoms with E-state index in [1.165, 1.54) is 206 Å². The summed E-state index contributed by atoms with van der Waals surface area (Å²) in [5, 5.41) is 9.75. The third kappa shape index (κ3) is 50.7. The van der Waals surface area contributed by atoms with Gasteiger partial charge in [0.05, 0.1) is 6.10 Å². The number of aliphatic hydroxyl groups excluding tert-OH is 1. The molecule has 0 saturated heterocycles. The van der Waals surface area contributed by atoms with Crippen molar-refractivity contribution in [3.05, 3.63) is 6.92 Å². The zero-order chi connectivity index (χ0) is 39.9. The minimum Gasteiger partial charge on any atom is -0.393 e. The van der Waals surface area contributed by atoms with Gasteiger partial charge in [-0.1, -0.05) is 196 Å². The van der Waals surface area contributed by atoms with Crippen LogP contribution in [0.3, 0.4) is 0 Å². The Kier molecular flexibility index (Phi) is 63.3. The Balaban J connectivity index is -0.000000346. The summed E-state index contributed by atoms with van der Waals surface area (Å²) in [5.74, 6) is 0.345. The van der Waals surface area contributed by atoms with Crippen molar-refractivity contribution in [3.8, 4) is 0 Å². The van der Waals surface area contributed by atoms with Gasteiger partial charge < -0.3 is 26.5 Å². The molecule has 5 heteroatoms. The van der Waals surface area contributed by atoms with E-state index >= 15 is 0 Å². The largest absolute Gasteiger partial charge is 0.393 e. The molecule has 325 valence electrons. The van der Waals surface area contributed by atoms with Crippen LogP contribution in [0.15, 0.2) is 0 Å². The number of hydrogen-bond acceptors (Lipinski definition) is 4. The van der Waals surface area contributed by atoms with E-state index in [1.54, 1.807) is 7.11 Å². The molecular formula is C49H102NO3Y-. The van der Waals surface area contributed by atoms with Gasteiger partial charge in [0, 0.05) is 58.4 Å². The molecule has 0 rings (SSSR count). The van der Waals surface area contributed by atoms with Gasteiger partial charge in [-0.25, -0.2) is 0 Å². The number of methoxy groups -OCH3 is 1. The van der Waals surface area contributed by atoms with Gasteiger partial charge in [0.2, 0.25) is 0 Å². The number of aliphatic hydroxyl groups is 1. The summed E-state index contributed by atoms with van der Waals surface area (Å²) in [4.78, 5) is 13.7. The van der Waals surface area contributed by atoms with Crippen LogP contribution in [0.25, 0.3) is 0 Å². The van der Waals surface area contributed by atoms with Crippen LogP contribution in [0.1, 0.15) is 260 Å². The maximum absolute atomic E-state index is 10.9. The van der Waals surface area contributed by atoms with Crippen molar-refractivity contribution in [2.24, 2.45) is 5.92 Å². The van der Waals surface area contributed by atoms with Crippen LogP contribution >= 0.6 is 0 Å². The van der Waals surface area contributed by atoms with E-state index in [-0.39, 0.29) is 38.8 Å². The standard InChI is InChI=1S/C18H38NO.C16H32O.C15H32O.Y/c1-5-8-9-12-15-19(18(6-2)7-3)16-13-10-11-14-17-20-4;1-3-5-7-9-10-12-14-16(15-17)13-11-8-6-4-2;1-3-5-7-9-10-12-14-15(16)13-11-8-6-4-2;/h18H,1,5-17H2,2-4H3;15-16H,3-14H2,1-2H3;15-16H,3-14H2,1-2H3;/q-1;;;. The zero-order valence-corrected chi connectivity index (χ0v) is 41.3. The molecule has 0 amide bonds. The van der Waals surface area contributed by atoms with E-state index in [9.17, 15) is 9.90 Å². The van der Waals surface area contributed by atoms with E-state index < -0.39 is 0 Å². The Bertz CT molecular complexity index is 632. The molecule has 0 aromatic heterocycles. The fraction of sp³-hybridized carbons (Fsp3) is 0.959. The van der Waals surface area contributed by atoms with Gasteiger partial charge in [-0.15, -0.1) is 0 Å². The summed E-state index contributed by atoms with van der Waals surface area (Å²) in [7, 11) is 1.79. The Morgan fingerprint density at radius 3 is 1.26 bits per heavy atom. The molecule has 2 atom stereocenters. The first-order valence-corrected chi connectivity index (χ1v) is 24.1. The summed E-state index contributed by atoms with van der Waals surface area (Å²) < 4.78 is 5.10. The van der Waals surface area contributed by atoms with Crippen LogP contribution in [0.4, 0.5) is 0 Å². The van der Waals surface area contributed by atoms with Gasteiger partial charge in [-0.3, -0.25) is 0 Å². The van der Waals surface area contributed by atoms with Crippen molar-refractivity contribution in [3.63, 3.8) is 0 Å². The smallest absolute Gasteiger partial charge is 0.123 e. The van der Waals surface area contributed by atoms with Crippen molar-refractivity contribution < 1.29 is 47.3 Å². The first-order chi connectivity index (χ1) is 25.9. The monoisotopic (exact) mass is 842 g/mol. The molecular weight excluding hydrogens is 739 g/mol. The van der Waals surface area contributed by atoms with Gasteiger partial charge in [0.15, 0.2) is 0 Å². The number of rotatable bonds is 40. The zero-order valence-electron chi connectivity index (χ0n) is 38.5. The van der Waals surface area contributed by atoms with E-state index in [2.05, 4.69) is 53.4 Å². The molecule has 0 aliphatic carbocycles. The molecule has 0 heterocycles. The van der Waals surface area contributed by atoms with Crippen molar-refractivity contribution in [2.75, 3.05) is 26.8 Å². The molecule has 0 bridgehead atoms. The number of carbonyl (C=O) groups is 1. The molecule has 0 aliphatic rings. The molecule has 0 aliphatic heterocycles. The van der Waals surface area contributed by atoms with Crippen molar-refractivity contribution in [2.45, 2.75) is 272 Å². The summed E-state index contributed by atoms with van der Waals surface area (Å²) >= 11 is 0. The molecule has 1 radical (unpaired) electrons. The molecule has 0 aromatic carbocycles. The molecule has 0 aromatic rings. The molecule has 2 unspecified atom stereocenters. The number of unbranched alkanes of at least 4 members (excludes halogenated alkanes) is 22. The third-order valence-corrected chi connectivity index (χ3v) is 11.0. The third-order valence-electron chi connectivity index (χ3n) is 11.0. The van der Waals surface area contributed by atoms with Crippen molar-refractivity contribution in [1.82, 2.24) is 4.90 Å². The van der Waals surface area contributed by atoms with Crippen LogP contribution < -0.4 is 0 Å². The molecule has 54 heavy (non-hydrogen) atoms. The SMILES string of the molecule is CCCCCCCCC(C=O)CCCCCC.CCCCCCCCC(O)CCCCCC.[CH2-]CCCCCN(CCCCCCOC)C(CC)CC.[Y]. The second-order valence-corrected chi connectivity index (χ2v) is 16.2. The van der Waals surface area contributed by atoms with Crippen molar-refractivity contribution >= 4 is 6.29 Å². The average Bonchev–Trinajstić information content (AvgIpc) is 3.17. The van der Waals surface area contributed by atoms with Gasteiger partial charge in [0.25, 0.3) is 0 Å². The van der Waals surface area contributed by atoms with Gasteiger partial charge in [-0.2, -0.15) is 6.42 Å². The molecule has 0 spiro atoms. The number of hydrogen-bond donors (Lipinski definition) is 1. The van der Waals surface area contributed by atoms with Crippen LogP contribution in [0.5, 0.6) is 0 Å². The Hall–Kier alpha value is 0.654. The van der Waals surface area contributed by atoms with E-state index in [0.717, 1.165) is 44.8 Å². The molecule has 4 nitrogen and oxygen atoms in total. The minimum atomic E-state index is -0.0250. The summed E-state index contributed by atoms with van der Waals surface area (Å²) in [5.41, 5.74) is 0. The second kappa shape index (κ2) is 55.8. The predicted molar refractivity (Wildman–Crippen MR) is 239 cm³/mol. The number of aldehydes is 1. The fourth-order valence-corrected chi connectivity index (χ4v) is 7.28. The Morgan fingerprint density at radius 1 is 0.519 bits per heavy atom. The van der Waals surface area contributed by atoms with Crippen molar-refractivity contribution in [1.29, 1.82) is 0 Å². The van der Waals surface area contributed by atoms with Crippen LogP contribution in [0, 0.1) is 12.8 Å². The average molecular weight is 842 g/mol. The first-order valence-electron chi connectivity index (χ1n) is 24.1. The van der Waals surface area contributed by atoms with Crippen LogP contribution in [0.2, 0.25) is 0 Å². The van der Waals surface area contributed by atoms with E-state index in [4.69, 9.17) is 4.74 Å². The van der Waals surface area contributed by atoms with E-state index in [1.807, 2.05) is 0 Å². The summed E-state index contributed by atoms with van der Waals surface area (Å²) in [6.45, 7) is 21.0. The summed E-state index contributed by atoms with van der Waals surface area (Å²) in [6.07, 6.45) is 44.5.